The first-order valence-corrected chi connectivity index (χ1v) is 11.7. The third-order valence-electron chi connectivity index (χ3n) is 4.71. The third-order valence-corrected chi connectivity index (χ3v) is 6.80. The van der Waals surface area contributed by atoms with Crippen molar-refractivity contribution >= 4 is 33.2 Å². The molecule has 0 fully saturated rings. The molecule has 3 aromatic rings. The molecule has 0 heterocycles. The number of amides is 1. The van der Waals surface area contributed by atoms with Gasteiger partial charge < -0.3 is 5.32 Å². The topological polar surface area (TPSA) is 66.5 Å². The molecule has 0 aliphatic rings. The molecule has 0 radical (unpaired) electrons. The number of nitrogens with zero attached hydrogens (tertiary/aromatic N) is 1. The van der Waals surface area contributed by atoms with Gasteiger partial charge in [0.1, 0.15) is 6.54 Å². The van der Waals surface area contributed by atoms with Crippen molar-refractivity contribution in [3.05, 3.63) is 95.5 Å². The summed E-state index contributed by atoms with van der Waals surface area (Å²) >= 11 is 6.30. The van der Waals surface area contributed by atoms with E-state index in [2.05, 4.69) is 5.32 Å². The van der Waals surface area contributed by atoms with Gasteiger partial charge in [0.15, 0.2) is 0 Å². The minimum atomic E-state index is -4.00. The van der Waals surface area contributed by atoms with Gasteiger partial charge in [0, 0.05) is 5.54 Å². The van der Waals surface area contributed by atoms with Crippen LogP contribution in [-0.4, -0.2) is 26.4 Å². The van der Waals surface area contributed by atoms with E-state index < -0.39 is 21.5 Å². The fraction of sp³-hybridized carbons (Fsp3) is 0.208. The lowest BCUT2D eigenvalue weighted by Gasteiger charge is -2.30. The van der Waals surface area contributed by atoms with Crippen LogP contribution in [0.5, 0.6) is 0 Å². The van der Waals surface area contributed by atoms with E-state index in [1.807, 2.05) is 44.2 Å². The molecule has 0 saturated heterocycles. The van der Waals surface area contributed by atoms with Gasteiger partial charge in [0.25, 0.3) is 10.0 Å². The van der Waals surface area contributed by atoms with Gasteiger partial charge >= 0.3 is 0 Å². The molecular formula is C24H25ClN2O3S. The molecule has 0 aromatic heterocycles. The summed E-state index contributed by atoms with van der Waals surface area (Å²) in [7, 11) is -4.00. The van der Waals surface area contributed by atoms with E-state index in [1.165, 1.54) is 12.1 Å². The Labute approximate surface area is 188 Å². The molecule has 31 heavy (non-hydrogen) atoms. The van der Waals surface area contributed by atoms with Crippen molar-refractivity contribution in [2.45, 2.75) is 30.7 Å². The molecule has 0 aliphatic carbocycles. The predicted molar refractivity (Wildman–Crippen MR) is 125 cm³/mol. The van der Waals surface area contributed by atoms with Gasteiger partial charge in [-0.1, -0.05) is 72.3 Å². The lowest BCUT2D eigenvalue weighted by Crippen LogP contribution is -2.50. The van der Waals surface area contributed by atoms with Crippen molar-refractivity contribution in [3.63, 3.8) is 0 Å². The van der Waals surface area contributed by atoms with E-state index >= 15 is 0 Å². The van der Waals surface area contributed by atoms with Crippen LogP contribution >= 0.6 is 11.6 Å². The molecular weight excluding hydrogens is 432 g/mol. The summed E-state index contributed by atoms with van der Waals surface area (Å²) in [5, 5.41) is 3.21. The van der Waals surface area contributed by atoms with Crippen molar-refractivity contribution < 1.29 is 13.2 Å². The number of carbonyl (C=O) groups excluding carboxylic acids is 1. The van der Waals surface area contributed by atoms with Crippen LogP contribution in [0.15, 0.2) is 89.8 Å². The van der Waals surface area contributed by atoms with Gasteiger partial charge in [0.05, 0.1) is 15.6 Å². The second-order valence-electron chi connectivity index (χ2n) is 7.87. The number of hydrogen-bond donors (Lipinski definition) is 1. The van der Waals surface area contributed by atoms with Crippen LogP contribution in [0.1, 0.15) is 19.4 Å². The number of anilines is 1. The highest BCUT2D eigenvalue weighted by atomic mass is 35.5. The fourth-order valence-corrected chi connectivity index (χ4v) is 5.12. The van der Waals surface area contributed by atoms with Crippen LogP contribution in [0.25, 0.3) is 0 Å². The van der Waals surface area contributed by atoms with Crippen LogP contribution in [0.4, 0.5) is 5.69 Å². The summed E-state index contributed by atoms with van der Waals surface area (Å²) in [6.45, 7) is 3.42. The highest BCUT2D eigenvalue weighted by molar-refractivity contribution is 7.92. The lowest BCUT2D eigenvalue weighted by atomic mass is 9.95. The molecule has 0 bridgehead atoms. The smallest absolute Gasteiger partial charge is 0.264 e. The molecule has 0 spiro atoms. The maximum atomic E-state index is 13.4. The highest BCUT2D eigenvalue weighted by Gasteiger charge is 2.30. The standard InChI is InChI=1S/C24H25ClN2O3S/c1-24(2,17-19-11-5-3-6-12-19)26-23(28)18-27(22-16-10-9-15-21(22)25)31(29,30)20-13-7-4-8-14-20/h3-16H,17-18H2,1-2H3,(H,26,28). The van der Waals surface area contributed by atoms with Crippen molar-refractivity contribution in [1.82, 2.24) is 5.32 Å². The number of sulfonamides is 1. The molecule has 0 atom stereocenters. The summed E-state index contributed by atoms with van der Waals surface area (Å²) in [6.07, 6.45) is 0.608. The molecule has 1 amide bonds. The Morgan fingerprint density at radius 1 is 0.903 bits per heavy atom. The first kappa shape index (κ1) is 22.8. The zero-order chi connectivity index (χ0) is 22.5. The minimum absolute atomic E-state index is 0.0891. The average molecular weight is 457 g/mol. The normalized spacial score (nSPS) is 11.7. The number of halogens is 1. The quantitative estimate of drug-likeness (QED) is 0.535. The van der Waals surface area contributed by atoms with Crippen molar-refractivity contribution in [2.75, 3.05) is 10.8 Å². The predicted octanol–water partition coefficient (Wildman–Crippen LogP) is 4.67. The Morgan fingerprint density at radius 3 is 2.06 bits per heavy atom. The Morgan fingerprint density at radius 2 is 1.45 bits per heavy atom. The molecule has 0 saturated carbocycles. The van der Waals surface area contributed by atoms with Crippen LogP contribution in [0.2, 0.25) is 5.02 Å². The Hall–Kier alpha value is -2.83. The molecule has 5 nitrogen and oxygen atoms in total. The molecule has 1 N–H and O–H groups in total. The molecule has 162 valence electrons. The zero-order valence-corrected chi connectivity index (χ0v) is 19.0. The molecule has 3 aromatic carbocycles. The van der Waals surface area contributed by atoms with Crippen molar-refractivity contribution in [1.29, 1.82) is 0 Å². The maximum Gasteiger partial charge on any atom is 0.264 e. The average Bonchev–Trinajstić information content (AvgIpc) is 2.73. The second kappa shape index (κ2) is 9.54. The van der Waals surface area contributed by atoms with Gasteiger partial charge in [-0.2, -0.15) is 0 Å². The summed E-state index contributed by atoms with van der Waals surface area (Å²) in [5.74, 6) is -0.416. The molecule has 0 unspecified atom stereocenters. The van der Waals surface area contributed by atoms with Crippen LogP contribution in [0.3, 0.4) is 0 Å². The highest BCUT2D eigenvalue weighted by Crippen LogP contribution is 2.30. The largest absolute Gasteiger partial charge is 0.349 e. The lowest BCUT2D eigenvalue weighted by molar-refractivity contribution is -0.121. The summed E-state index contributed by atoms with van der Waals surface area (Å²) in [5.41, 5.74) is 0.762. The monoisotopic (exact) mass is 456 g/mol. The first-order valence-electron chi connectivity index (χ1n) is 9.86. The Balaban J connectivity index is 1.87. The van der Waals surface area contributed by atoms with Gasteiger partial charge in [-0.15, -0.1) is 0 Å². The van der Waals surface area contributed by atoms with E-state index in [-0.39, 0.29) is 22.2 Å². The summed E-state index contributed by atoms with van der Waals surface area (Å²) in [4.78, 5) is 13.1. The van der Waals surface area contributed by atoms with Crippen LogP contribution in [0, 0.1) is 0 Å². The number of para-hydroxylation sites is 1. The van der Waals surface area contributed by atoms with Gasteiger partial charge in [-0.3, -0.25) is 9.10 Å². The summed E-state index contributed by atoms with van der Waals surface area (Å²) in [6, 6.07) is 24.4. The van der Waals surface area contributed by atoms with Gasteiger partial charge in [0.2, 0.25) is 5.91 Å². The van der Waals surface area contributed by atoms with E-state index in [9.17, 15) is 13.2 Å². The molecule has 0 aliphatic heterocycles. The maximum absolute atomic E-state index is 13.4. The molecule has 3 rings (SSSR count). The number of hydrogen-bond acceptors (Lipinski definition) is 3. The van der Waals surface area contributed by atoms with Crippen molar-refractivity contribution in [2.24, 2.45) is 0 Å². The first-order chi connectivity index (χ1) is 14.7. The van der Waals surface area contributed by atoms with E-state index in [0.29, 0.717) is 6.42 Å². The number of nitrogens with one attached hydrogen (secondary N) is 1. The van der Waals surface area contributed by atoms with Crippen molar-refractivity contribution in [3.8, 4) is 0 Å². The Bertz CT molecular complexity index is 1130. The van der Waals surface area contributed by atoms with E-state index in [0.717, 1.165) is 9.87 Å². The Kier molecular flexibility index (Phi) is 7.03. The minimum Gasteiger partial charge on any atom is -0.349 e. The number of carbonyl (C=O) groups is 1. The SMILES string of the molecule is CC(C)(Cc1ccccc1)NC(=O)CN(c1ccccc1Cl)S(=O)(=O)c1ccccc1. The fourth-order valence-electron chi connectivity index (χ4n) is 3.37. The van der Waals surface area contributed by atoms with Gasteiger partial charge in [-0.25, -0.2) is 8.42 Å². The van der Waals surface area contributed by atoms with Gasteiger partial charge in [-0.05, 0) is 50.1 Å². The number of rotatable bonds is 8. The zero-order valence-electron chi connectivity index (χ0n) is 17.5. The third kappa shape index (κ3) is 5.87. The van der Waals surface area contributed by atoms with E-state index in [1.54, 1.807) is 42.5 Å². The second-order valence-corrected chi connectivity index (χ2v) is 10.1. The number of benzene rings is 3. The summed E-state index contributed by atoms with van der Waals surface area (Å²) < 4.78 is 27.8. The molecule has 7 heteroatoms. The van der Waals surface area contributed by atoms with Crippen LogP contribution in [-0.2, 0) is 21.2 Å². The van der Waals surface area contributed by atoms with Crippen LogP contribution < -0.4 is 9.62 Å². The van der Waals surface area contributed by atoms with E-state index in [4.69, 9.17) is 11.6 Å².